The highest BCUT2D eigenvalue weighted by atomic mass is 32.2. The van der Waals surface area contributed by atoms with Crippen molar-refractivity contribution in [1.82, 2.24) is 5.48 Å². The average Bonchev–Trinajstić information content (AvgIpc) is 3.27. The lowest BCUT2D eigenvalue weighted by Crippen LogP contribution is -2.10. The maximum atomic E-state index is 12.2. The molecule has 5 nitrogen and oxygen atoms in total. The van der Waals surface area contributed by atoms with Gasteiger partial charge in [0, 0.05) is 14.2 Å². The molecular weight excluding hydrogens is 575 g/mol. The SMILES string of the molecule is C=C(/C=C\C=C/C)CCCSC.C=C/C=C(\C=C/COC)C1CCCC/C(=C(\SC)C(=O)OCC)C1.CC.CC.CNO. The first-order chi connectivity index (χ1) is 20.9. The number of rotatable bonds is 14. The Morgan fingerprint density at radius 2 is 1.79 bits per heavy atom. The summed E-state index contributed by atoms with van der Waals surface area (Å²) in [4.78, 5) is 13.0. The molecule has 250 valence electrons. The van der Waals surface area contributed by atoms with E-state index in [9.17, 15) is 4.79 Å². The minimum absolute atomic E-state index is 0.176. The van der Waals surface area contributed by atoms with E-state index in [-0.39, 0.29) is 5.97 Å². The molecule has 7 heteroatoms. The van der Waals surface area contributed by atoms with Crippen LogP contribution in [0.5, 0.6) is 0 Å². The molecule has 1 rings (SSSR count). The lowest BCUT2D eigenvalue weighted by molar-refractivity contribution is -0.137. The molecule has 1 unspecified atom stereocenters. The Morgan fingerprint density at radius 3 is 2.30 bits per heavy atom. The topological polar surface area (TPSA) is 67.8 Å². The number of methoxy groups -OCH3 is 1. The summed E-state index contributed by atoms with van der Waals surface area (Å²) in [5.41, 5.74) is 5.46. The first kappa shape index (κ1) is 48.1. The first-order valence-electron chi connectivity index (χ1n) is 15.6. The van der Waals surface area contributed by atoms with E-state index < -0.39 is 0 Å². The van der Waals surface area contributed by atoms with E-state index in [4.69, 9.17) is 14.7 Å². The van der Waals surface area contributed by atoms with Gasteiger partial charge in [-0.2, -0.15) is 11.8 Å². The maximum Gasteiger partial charge on any atom is 0.344 e. The quantitative estimate of drug-likeness (QED) is 0.0489. The predicted octanol–water partition coefficient (Wildman–Crippen LogP) is 10.5. The van der Waals surface area contributed by atoms with Crippen LogP contribution in [0.1, 0.15) is 86.5 Å². The Labute approximate surface area is 275 Å². The van der Waals surface area contributed by atoms with Crippen LogP contribution in [-0.2, 0) is 14.3 Å². The molecule has 1 aliphatic rings. The van der Waals surface area contributed by atoms with Crippen molar-refractivity contribution in [3.8, 4) is 0 Å². The van der Waals surface area contributed by atoms with Crippen LogP contribution in [0.4, 0.5) is 0 Å². The van der Waals surface area contributed by atoms with E-state index in [1.165, 1.54) is 54.1 Å². The summed E-state index contributed by atoms with van der Waals surface area (Å²) in [6.45, 7) is 20.7. The van der Waals surface area contributed by atoms with Gasteiger partial charge in [0.05, 0.1) is 18.1 Å². The Bertz CT molecular complexity index is 814. The maximum absolute atomic E-state index is 12.2. The Morgan fingerprint density at radius 1 is 1.14 bits per heavy atom. The van der Waals surface area contributed by atoms with Crippen molar-refractivity contribution in [3.05, 3.63) is 83.4 Å². The minimum Gasteiger partial charge on any atom is -0.462 e. The zero-order valence-corrected chi connectivity index (χ0v) is 30.8. The van der Waals surface area contributed by atoms with Crippen LogP contribution in [0.2, 0.25) is 0 Å². The lowest BCUT2D eigenvalue weighted by atomic mass is 9.89. The fourth-order valence-electron chi connectivity index (χ4n) is 3.86. The smallest absolute Gasteiger partial charge is 0.344 e. The standard InChI is InChI=1S/C20H30O3S.C11H18S.2C2H6.CH5NO/c1-5-10-16(13-9-14-22-3)17-11-7-8-12-18(15-17)19(24-4)20(21)23-6-2;1-4-5-6-8-11(2)9-7-10-12-3;2*1-2;1-2-3/h5,9-10,13,17H,1,6-8,11-12,14-15H2,2-4H3;4-6,8H,2,7,9-10H2,1,3H3;2*1-2H3;2-3H,1H3/b13-9-,16-10+,19-18+;5-4-,8-6-;;;. The highest BCUT2D eigenvalue weighted by Gasteiger charge is 2.23. The van der Waals surface area contributed by atoms with Crippen LogP contribution in [0.15, 0.2) is 83.4 Å². The molecular formula is C36H65NO4S2. The first-order valence-corrected chi connectivity index (χ1v) is 18.2. The molecule has 0 radical (unpaired) electrons. The van der Waals surface area contributed by atoms with Crippen molar-refractivity contribution in [3.63, 3.8) is 0 Å². The Hall–Kier alpha value is -1.77. The van der Waals surface area contributed by atoms with Crippen LogP contribution >= 0.6 is 23.5 Å². The number of ether oxygens (including phenoxy) is 2. The molecule has 0 aromatic heterocycles. The van der Waals surface area contributed by atoms with Crippen LogP contribution in [0, 0.1) is 5.92 Å². The van der Waals surface area contributed by atoms with Crippen LogP contribution in [0.25, 0.3) is 0 Å². The van der Waals surface area contributed by atoms with Gasteiger partial charge in [0.2, 0.25) is 0 Å². The second-order valence-corrected chi connectivity index (χ2v) is 10.4. The van der Waals surface area contributed by atoms with Crippen LogP contribution < -0.4 is 5.48 Å². The van der Waals surface area contributed by atoms with Gasteiger partial charge in [0.25, 0.3) is 0 Å². The number of thioether (sulfide) groups is 2. The zero-order valence-electron chi connectivity index (χ0n) is 29.2. The number of carbonyl (C=O) groups is 1. The molecule has 0 aromatic rings. The van der Waals surface area contributed by atoms with E-state index in [1.54, 1.807) is 12.6 Å². The molecule has 1 saturated carbocycles. The summed E-state index contributed by atoms with van der Waals surface area (Å²) in [6, 6.07) is 0. The second-order valence-electron chi connectivity index (χ2n) is 8.63. The Balaban J connectivity index is -0.000000335. The predicted molar refractivity (Wildman–Crippen MR) is 197 cm³/mol. The van der Waals surface area contributed by atoms with Gasteiger partial charge in [0.1, 0.15) is 0 Å². The summed E-state index contributed by atoms with van der Waals surface area (Å²) >= 11 is 3.40. The largest absolute Gasteiger partial charge is 0.462 e. The summed E-state index contributed by atoms with van der Waals surface area (Å²) in [5.74, 6) is 1.46. The fraction of sp³-hybridized carbons (Fsp3) is 0.583. The third-order valence-corrected chi connectivity index (χ3v) is 7.16. The number of allylic oxidation sites excluding steroid dienone is 10. The van der Waals surface area contributed by atoms with Crippen molar-refractivity contribution in [2.24, 2.45) is 5.92 Å². The van der Waals surface area contributed by atoms with E-state index in [0.717, 1.165) is 37.0 Å². The van der Waals surface area contributed by atoms with Crippen LogP contribution in [-0.4, -0.2) is 56.8 Å². The monoisotopic (exact) mass is 639 g/mol. The van der Waals surface area contributed by atoms with Gasteiger partial charge >= 0.3 is 5.97 Å². The third-order valence-electron chi connectivity index (χ3n) is 5.60. The molecule has 0 heterocycles. The van der Waals surface area contributed by atoms with Crippen molar-refractivity contribution in [1.29, 1.82) is 0 Å². The molecule has 43 heavy (non-hydrogen) atoms. The number of hydrogen-bond acceptors (Lipinski definition) is 7. The summed E-state index contributed by atoms with van der Waals surface area (Å²) in [6.07, 6.45) is 28.0. The Kier molecular flexibility index (Phi) is 45.0. The van der Waals surface area contributed by atoms with Gasteiger partial charge in [-0.15, -0.1) is 11.8 Å². The molecule has 0 aliphatic heterocycles. The molecule has 0 bridgehead atoms. The molecule has 1 atom stereocenters. The number of carbonyl (C=O) groups excluding carboxylic acids is 1. The van der Waals surface area contributed by atoms with Gasteiger partial charge in [-0.3, -0.25) is 0 Å². The number of hydrogen-bond donors (Lipinski definition) is 2. The van der Waals surface area contributed by atoms with Gasteiger partial charge < -0.3 is 14.7 Å². The van der Waals surface area contributed by atoms with Crippen molar-refractivity contribution in [2.45, 2.75) is 86.5 Å². The number of hydroxylamine groups is 1. The third kappa shape index (κ3) is 30.1. The molecule has 0 saturated heterocycles. The normalized spacial score (nSPS) is 15.9. The van der Waals surface area contributed by atoms with Crippen molar-refractivity contribution in [2.75, 3.05) is 45.6 Å². The molecule has 0 aromatic carbocycles. The van der Waals surface area contributed by atoms with E-state index in [1.807, 2.05) is 89.9 Å². The summed E-state index contributed by atoms with van der Waals surface area (Å²) in [7, 11) is 3.12. The van der Waals surface area contributed by atoms with Gasteiger partial charge in [0.15, 0.2) is 0 Å². The molecule has 1 fully saturated rings. The minimum atomic E-state index is -0.176. The summed E-state index contributed by atoms with van der Waals surface area (Å²) in [5, 5.41) is 7.32. The highest BCUT2D eigenvalue weighted by molar-refractivity contribution is 8.03. The van der Waals surface area contributed by atoms with Gasteiger partial charge in [-0.1, -0.05) is 101 Å². The van der Waals surface area contributed by atoms with E-state index >= 15 is 0 Å². The summed E-state index contributed by atoms with van der Waals surface area (Å²) < 4.78 is 10.3. The van der Waals surface area contributed by atoms with E-state index in [0.29, 0.717) is 19.1 Å². The average molecular weight is 640 g/mol. The second kappa shape index (κ2) is 40.2. The molecule has 0 spiro atoms. The zero-order chi connectivity index (χ0) is 33.7. The van der Waals surface area contributed by atoms with Crippen molar-refractivity contribution >= 4 is 29.5 Å². The molecule has 0 amide bonds. The molecule has 2 N–H and O–H groups in total. The van der Waals surface area contributed by atoms with Crippen molar-refractivity contribution < 1.29 is 19.5 Å². The number of esters is 1. The lowest BCUT2D eigenvalue weighted by Gasteiger charge is -2.18. The fourth-order valence-corrected chi connectivity index (χ4v) is 5.00. The highest BCUT2D eigenvalue weighted by Crippen LogP contribution is 2.36. The van der Waals surface area contributed by atoms with E-state index in [2.05, 4.69) is 37.6 Å². The number of nitrogens with one attached hydrogen (secondary N) is 1. The van der Waals surface area contributed by atoms with Gasteiger partial charge in [-0.05, 0) is 87.7 Å². The van der Waals surface area contributed by atoms with Crippen LogP contribution in [0.3, 0.4) is 0 Å². The molecule has 1 aliphatic carbocycles. The van der Waals surface area contributed by atoms with Gasteiger partial charge in [-0.25, -0.2) is 10.3 Å².